The lowest BCUT2D eigenvalue weighted by Crippen LogP contribution is -2.45. The zero-order valence-corrected chi connectivity index (χ0v) is 10.1. The van der Waals surface area contributed by atoms with Crippen molar-refractivity contribution >= 4 is 11.9 Å². The molecule has 0 spiro atoms. The van der Waals surface area contributed by atoms with E-state index in [0.717, 1.165) is 26.2 Å². The first-order valence-corrected chi connectivity index (χ1v) is 5.74. The van der Waals surface area contributed by atoms with Gasteiger partial charge in [-0.25, -0.2) is 4.79 Å². The summed E-state index contributed by atoms with van der Waals surface area (Å²) in [6, 6.07) is 0. The van der Waals surface area contributed by atoms with Crippen LogP contribution in [0, 0.1) is 0 Å². The number of hydrogen-bond donors (Lipinski definition) is 1. The second-order valence-corrected chi connectivity index (χ2v) is 4.01. The Labute approximate surface area is 99.8 Å². The van der Waals surface area contributed by atoms with Gasteiger partial charge in [-0.3, -0.25) is 0 Å². The summed E-state index contributed by atoms with van der Waals surface area (Å²) in [7, 11) is 2.09. The summed E-state index contributed by atoms with van der Waals surface area (Å²) in [5.74, 6) is 0.349. The number of H-pyrrole nitrogens is 1. The van der Waals surface area contributed by atoms with Crippen LogP contribution in [0.1, 0.15) is 17.5 Å². The highest BCUT2D eigenvalue weighted by atomic mass is 16.5. The van der Waals surface area contributed by atoms with E-state index in [-0.39, 0.29) is 5.82 Å². The quantitative estimate of drug-likeness (QED) is 0.732. The Morgan fingerprint density at radius 2 is 2.06 bits per heavy atom. The topological polar surface area (TPSA) is 74.3 Å². The van der Waals surface area contributed by atoms with E-state index in [1.807, 2.05) is 0 Å². The number of rotatable bonds is 3. The lowest BCUT2D eigenvalue weighted by atomic mass is 10.3. The fraction of sp³-hybridized carbons (Fsp3) is 0.700. The number of anilines is 1. The van der Waals surface area contributed by atoms with Gasteiger partial charge in [0, 0.05) is 26.2 Å². The average Bonchev–Trinajstić information content (AvgIpc) is 2.80. The zero-order valence-electron chi connectivity index (χ0n) is 10.1. The van der Waals surface area contributed by atoms with E-state index in [4.69, 9.17) is 4.74 Å². The number of esters is 1. The van der Waals surface area contributed by atoms with Gasteiger partial charge in [0.1, 0.15) is 0 Å². The van der Waals surface area contributed by atoms with Crippen molar-refractivity contribution in [3.05, 3.63) is 5.82 Å². The lowest BCUT2D eigenvalue weighted by Gasteiger charge is -2.31. The van der Waals surface area contributed by atoms with Crippen LogP contribution in [0.15, 0.2) is 0 Å². The normalized spacial score (nSPS) is 17.2. The third kappa shape index (κ3) is 2.73. The number of likely N-dealkylation sites (N-methyl/N-ethyl adjacent to an activating group) is 1. The summed E-state index contributed by atoms with van der Waals surface area (Å²) < 4.78 is 4.85. The number of hydrogen-bond acceptors (Lipinski definition) is 6. The Balaban J connectivity index is 2.00. The van der Waals surface area contributed by atoms with E-state index in [2.05, 4.69) is 32.0 Å². The first-order valence-electron chi connectivity index (χ1n) is 5.74. The fourth-order valence-corrected chi connectivity index (χ4v) is 1.71. The maximum Gasteiger partial charge on any atom is 0.376 e. The molecular formula is C10H17N5O2. The summed E-state index contributed by atoms with van der Waals surface area (Å²) in [5, 5.41) is 7.76. The molecule has 0 saturated carbocycles. The molecule has 0 radical (unpaired) electrons. The van der Waals surface area contributed by atoms with Crippen molar-refractivity contribution in [3.63, 3.8) is 0 Å². The molecule has 0 aromatic carbocycles. The molecule has 7 heteroatoms. The van der Waals surface area contributed by atoms with Gasteiger partial charge in [0.15, 0.2) is 0 Å². The number of ether oxygens (including phenoxy) is 1. The van der Waals surface area contributed by atoms with E-state index in [1.54, 1.807) is 6.92 Å². The van der Waals surface area contributed by atoms with E-state index >= 15 is 0 Å². The van der Waals surface area contributed by atoms with Crippen molar-refractivity contribution in [1.29, 1.82) is 0 Å². The Bertz CT molecular complexity index is 384. The molecule has 17 heavy (non-hydrogen) atoms. The standard InChI is InChI=1S/C10H17N5O2/c1-3-17-9(16)8-11-10(13-12-8)15-6-4-14(2)5-7-15/h3-7H2,1-2H3,(H,11,12,13). The largest absolute Gasteiger partial charge is 0.460 e. The summed E-state index contributed by atoms with van der Waals surface area (Å²) >= 11 is 0. The van der Waals surface area contributed by atoms with Gasteiger partial charge in [-0.1, -0.05) is 0 Å². The molecule has 1 saturated heterocycles. The number of piperazine rings is 1. The second-order valence-electron chi connectivity index (χ2n) is 4.01. The van der Waals surface area contributed by atoms with Gasteiger partial charge in [0.05, 0.1) is 6.61 Å². The van der Waals surface area contributed by atoms with E-state index < -0.39 is 5.97 Å². The number of nitrogens with one attached hydrogen (secondary N) is 1. The van der Waals surface area contributed by atoms with Gasteiger partial charge < -0.3 is 19.5 Å². The number of carbonyl (C=O) groups excluding carboxylic acids is 1. The first-order chi connectivity index (χ1) is 8.20. The molecule has 1 N–H and O–H groups in total. The molecule has 0 unspecified atom stereocenters. The van der Waals surface area contributed by atoms with Gasteiger partial charge in [0.25, 0.3) is 0 Å². The monoisotopic (exact) mass is 239 g/mol. The van der Waals surface area contributed by atoms with Gasteiger partial charge in [-0.15, -0.1) is 10.2 Å². The van der Waals surface area contributed by atoms with E-state index in [0.29, 0.717) is 12.6 Å². The SMILES string of the molecule is CCOC(=O)c1nnc(N2CCN(C)CC2)[nH]1. The van der Waals surface area contributed by atoms with Crippen LogP contribution in [0.3, 0.4) is 0 Å². The maximum absolute atomic E-state index is 11.4. The van der Waals surface area contributed by atoms with Crippen LogP contribution in [0.5, 0.6) is 0 Å². The van der Waals surface area contributed by atoms with Crippen molar-refractivity contribution in [3.8, 4) is 0 Å². The highest BCUT2D eigenvalue weighted by molar-refractivity contribution is 5.85. The highest BCUT2D eigenvalue weighted by Crippen LogP contribution is 2.10. The van der Waals surface area contributed by atoms with Crippen LogP contribution in [-0.4, -0.2) is 65.9 Å². The molecule has 0 amide bonds. The molecule has 0 atom stereocenters. The van der Waals surface area contributed by atoms with Gasteiger partial charge in [-0.2, -0.15) is 0 Å². The Morgan fingerprint density at radius 1 is 1.35 bits per heavy atom. The Kier molecular flexibility index (Phi) is 3.58. The van der Waals surface area contributed by atoms with Gasteiger partial charge in [-0.05, 0) is 14.0 Å². The molecule has 94 valence electrons. The number of carbonyl (C=O) groups is 1. The lowest BCUT2D eigenvalue weighted by molar-refractivity contribution is 0.0512. The van der Waals surface area contributed by atoms with Crippen molar-refractivity contribution in [2.75, 3.05) is 44.7 Å². The molecule has 2 rings (SSSR count). The van der Waals surface area contributed by atoms with Crippen molar-refractivity contribution < 1.29 is 9.53 Å². The molecule has 0 bridgehead atoms. The van der Waals surface area contributed by atoms with Crippen LogP contribution in [0.4, 0.5) is 5.95 Å². The van der Waals surface area contributed by atoms with Crippen LogP contribution in [0.25, 0.3) is 0 Å². The van der Waals surface area contributed by atoms with Gasteiger partial charge in [0.2, 0.25) is 11.8 Å². The predicted molar refractivity (Wildman–Crippen MR) is 62.0 cm³/mol. The van der Waals surface area contributed by atoms with Crippen LogP contribution < -0.4 is 4.90 Å². The summed E-state index contributed by atoms with van der Waals surface area (Å²) in [4.78, 5) is 18.6. The van der Waals surface area contributed by atoms with Crippen molar-refractivity contribution in [1.82, 2.24) is 20.1 Å². The second kappa shape index (κ2) is 5.13. The molecule has 2 heterocycles. The molecule has 1 aromatic heterocycles. The first kappa shape index (κ1) is 11.8. The van der Waals surface area contributed by atoms with Crippen molar-refractivity contribution in [2.24, 2.45) is 0 Å². The third-order valence-corrected chi connectivity index (χ3v) is 2.75. The maximum atomic E-state index is 11.4. The molecule has 7 nitrogen and oxygen atoms in total. The minimum Gasteiger partial charge on any atom is -0.460 e. The molecule has 1 aliphatic rings. The minimum absolute atomic E-state index is 0.167. The number of nitrogens with zero attached hydrogens (tertiary/aromatic N) is 4. The number of aromatic nitrogens is 3. The van der Waals surface area contributed by atoms with Crippen LogP contribution >= 0.6 is 0 Å². The predicted octanol–water partition coefficient (Wildman–Crippen LogP) is -0.267. The molecule has 1 fully saturated rings. The molecule has 1 aromatic rings. The smallest absolute Gasteiger partial charge is 0.376 e. The summed E-state index contributed by atoms with van der Waals surface area (Å²) in [6.07, 6.45) is 0. The zero-order chi connectivity index (χ0) is 12.3. The molecular weight excluding hydrogens is 222 g/mol. The summed E-state index contributed by atoms with van der Waals surface area (Å²) in [6.45, 7) is 5.83. The Hall–Kier alpha value is -1.63. The van der Waals surface area contributed by atoms with Crippen LogP contribution in [-0.2, 0) is 4.74 Å². The third-order valence-electron chi connectivity index (χ3n) is 2.75. The van der Waals surface area contributed by atoms with Crippen LogP contribution in [0.2, 0.25) is 0 Å². The van der Waals surface area contributed by atoms with E-state index in [9.17, 15) is 4.79 Å². The Morgan fingerprint density at radius 3 is 2.71 bits per heavy atom. The average molecular weight is 239 g/mol. The minimum atomic E-state index is -0.458. The van der Waals surface area contributed by atoms with E-state index in [1.165, 1.54) is 0 Å². The molecule has 1 aliphatic heterocycles. The van der Waals surface area contributed by atoms with Gasteiger partial charge >= 0.3 is 5.97 Å². The van der Waals surface area contributed by atoms with Crippen molar-refractivity contribution in [2.45, 2.75) is 6.92 Å². The highest BCUT2D eigenvalue weighted by Gasteiger charge is 2.19. The number of aromatic amines is 1. The fourth-order valence-electron chi connectivity index (χ4n) is 1.71. The summed E-state index contributed by atoms with van der Waals surface area (Å²) in [5.41, 5.74) is 0. The molecule has 0 aliphatic carbocycles.